The third kappa shape index (κ3) is 2.88. The highest BCUT2D eigenvalue weighted by molar-refractivity contribution is 5.86. The molecule has 1 aromatic carbocycles. The Balaban J connectivity index is 2.38. The number of carbonyl (C=O) groups is 2. The smallest absolute Gasteiger partial charge is 0.327 e. The maximum atomic E-state index is 11.5. The second kappa shape index (κ2) is 5.95. The van der Waals surface area contributed by atoms with Crippen LogP contribution in [-0.4, -0.2) is 28.6 Å². The maximum Gasteiger partial charge on any atom is 0.327 e. The predicted octanol–water partition coefficient (Wildman–Crippen LogP) is 1.93. The van der Waals surface area contributed by atoms with E-state index in [0.29, 0.717) is 17.9 Å². The number of aldehydes is 1. The van der Waals surface area contributed by atoms with E-state index in [9.17, 15) is 9.59 Å². The molecule has 0 aliphatic heterocycles. The molecular weight excluding hydrogens is 244 g/mol. The average Bonchev–Trinajstić information content (AvgIpc) is 2.82. The highest BCUT2D eigenvalue weighted by Gasteiger charge is 2.15. The van der Waals surface area contributed by atoms with Crippen LogP contribution in [0.1, 0.15) is 17.3 Å². The van der Waals surface area contributed by atoms with Crippen molar-refractivity contribution in [2.75, 3.05) is 6.61 Å². The Morgan fingerprint density at radius 2 is 2.11 bits per heavy atom. The predicted molar refractivity (Wildman–Crippen MR) is 69.7 cm³/mol. The van der Waals surface area contributed by atoms with Crippen molar-refractivity contribution >= 4 is 12.3 Å². The number of carbonyl (C=O) groups excluding carboxylic acids is 2. The molecule has 98 valence electrons. The van der Waals surface area contributed by atoms with Crippen LogP contribution in [0.2, 0.25) is 0 Å². The third-order valence-corrected chi connectivity index (χ3v) is 2.63. The van der Waals surface area contributed by atoms with Gasteiger partial charge in [-0.25, -0.2) is 0 Å². The van der Waals surface area contributed by atoms with E-state index < -0.39 is 0 Å². The molecule has 0 saturated heterocycles. The van der Waals surface area contributed by atoms with Crippen LogP contribution in [0, 0.1) is 0 Å². The Morgan fingerprint density at radius 3 is 2.74 bits per heavy atom. The number of ether oxygens (including phenoxy) is 1. The third-order valence-electron chi connectivity index (χ3n) is 2.63. The highest BCUT2D eigenvalue weighted by atomic mass is 16.5. The van der Waals surface area contributed by atoms with Crippen LogP contribution in [0.4, 0.5) is 0 Å². The number of rotatable bonds is 5. The van der Waals surface area contributed by atoms with Gasteiger partial charge < -0.3 is 4.74 Å². The summed E-state index contributed by atoms with van der Waals surface area (Å²) in [5.41, 5.74) is 1.92. The fourth-order valence-corrected chi connectivity index (χ4v) is 1.85. The number of hydrogen-bond donors (Lipinski definition) is 0. The zero-order valence-corrected chi connectivity index (χ0v) is 10.6. The van der Waals surface area contributed by atoms with Crippen molar-refractivity contribution < 1.29 is 14.3 Å². The lowest BCUT2D eigenvalue weighted by Gasteiger charge is -2.08. The summed E-state index contributed by atoms with van der Waals surface area (Å²) >= 11 is 0. The largest absolute Gasteiger partial charge is 0.465 e. The number of esters is 1. The van der Waals surface area contributed by atoms with E-state index in [0.717, 1.165) is 11.8 Å². The Hall–Kier alpha value is -2.43. The van der Waals surface area contributed by atoms with Gasteiger partial charge in [-0.15, -0.1) is 0 Å². The van der Waals surface area contributed by atoms with Crippen LogP contribution in [-0.2, 0) is 16.1 Å². The van der Waals surface area contributed by atoms with Gasteiger partial charge in [-0.1, -0.05) is 30.3 Å². The first-order chi connectivity index (χ1) is 9.26. The van der Waals surface area contributed by atoms with Crippen LogP contribution < -0.4 is 0 Å². The number of hydrogen-bond acceptors (Lipinski definition) is 4. The minimum atomic E-state index is -0.375. The molecule has 0 saturated carbocycles. The number of benzene rings is 1. The SMILES string of the molecule is CCOC(=O)Cn1ncc(C=O)c1-c1ccccc1. The van der Waals surface area contributed by atoms with Crippen LogP contribution in [0.25, 0.3) is 11.3 Å². The van der Waals surface area contributed by atoms with Crippen molar-refractivity contribution in [3.63, 3.8) is 0 Å². The summed E-state index contributed by atoms with van der Waals surface area (Å²) in [7, 11) is 0. The number of aromatic nitrogens is 2. The molecule has 0 aliphatic carbocycles. The fraction of sp³-hybridized carbons (Fsp3) is 0.214. The van der Waals surface area contributed by atoms with Gasteiger partial charge in [0.1, 0.15) is 6.54 Å². The second-order valence-corrected chi connectivity index (χ2v) is 3.90. The standard InChI is InChI=1S/C14H14N2O3/c1-2-19-13(18)9-16-14(12(10-17)8-15-16)11-6-4-3-5-7-11/h3-8,10H,2,9H2,1H3. The Morgan fingerprint density at radius 1 is 1.37 bits per heavy atom. The molecule has 2 aromatic rings. The van der Waals surface area contributed by atoms with Crippen molar-refractivity contribution in [3.05, 3.63) is 42.1 Å². The van der Waals surface area contributed by atoms with Gasteiger partial charge in [0.25, 0.3) is 0 Å². The molecule has 0 bridgehead atoms. The zero-order valence-electron chi connectivity index (χ0n) is 10.6. The average molecular weight is 258 g/mol. The lowest BCUT2D eigenvalue weighted by atomic mass is 10.1. The molecule has 2 rings (SSSR count). The van der Waals surface area contributed by atoms with E-state index in [1.807, 2.05) is 30.3 Å². The lowest BCUT2D eigenvalue weighted by molar-refractivity contribution is -0.144. The molecule has 19 heavy (non-hydrogen) atoms. The zero-order chi connectivity index (χ0) is 13.7. The lowest BCUT2D eigenvalue weighted by Crippen LogP contribution is -2.15. The van der Waals surface area contributed by atoms with Gasteiger partial charge in [0, 0.05) is 5.56 Å². The first kappa shape index (κ1) is 13.0. The first-order valence-corrected chi connectivity index (χ1v) is 5.98. The summed E-state index contributed by atoms with van der Waals surface area (Å²) < 4.78 is 6.37. The van der Waals surface area contributed by atoms with Crippen LogP contribution >= 0.6 is 0 Å². The van der Waals surface area contributed by atoms with Gasteiger partial charge in [-0.2, -0.15) is 5.10 Å². The molecule has 0 atom stereocenters. The van der Waals surface area contributed by atoms with Crippen molar-refractivity contribution in [1.82, 2.24) is 9.78 Å². The van der Waals surface area contributed by atoms with Gasteiger partial charge in [0.15, 0.2) is 6.29 Å². The minimum Gasteiger partial charge on any atom is -0.465 e. The van der Waals surface area contributed by atoms with Gasteiger partial charge in [0.2, 0.25) is 0 Å². The van der Waals surface area contributed by atoms with Gasteiger partial charge in [-0.3, -0.25) is 14.3 Å². The highest BCUT2D eigenvalue weighted by Crippen LogP contribution is 2.22. The second-order valence-electron chi connectivity index (χ2n) is 3.90. The van der Waals surface area contributed by atoms with E-state index in [2.05, 4.69) is 5.10 Å². The van der Waals surface area contributed by atoms with Crippen LogP contribution in [0.5, 0.6) is 0 Å². The monoisotopic (exact) mass is 258 g/mol. The molecular formula is C14H14N2O3. The molecule has 0 spiro atoms. The summed E-state index contributed by atoms with van der Waals surface area (Å²) in [5.74, 6) is -0.375. The van der Waals surface area contributed by atoms with Crippen LogP contribution in [0.15, 0.2) is 36.5 Å². The molecule has 1 heterocycles. The summed E-state index contributed by atoms with van der Waals surface area (Å²) in [5, 5.41) is 4.07. The molecule has 0 radical (unpaired) electrons. The van der Waals surface area contributed by atoms with Crippen molar-refractivity contribution in [2.45, 2.75) is 13.5 Å². The molecule has 0 fully saturated rings. The van der Waals surface area contributed by atoms with E-state index in [1.165, 1.54) is 10.9 Å². The van der Waals surface area contributed by atoms with E-state index in [1.54, 1.807) is 6.92 Å². The van der Waals surface area contributed by atoms with Gasteiger partial charge in [0.05, 0.1) is 24.1 Å². The van der Waals surface area contributed by atoms with E-state index in [-0.39, 0.29) is 12.5 Å². The van der Waals surface area contributed by atoms with Crippen molar-refractivity contribution in [1.29, 1.82) is 0 Å². The van der Waals surface area contributed by atoms with Gasteiger partial charge in [-0.05, 0) is 6.92 Å². The molecule has 5 nitrogen and oxygen atoms in total. The Kier molecular flexibility index (Phi) is 4.07. The van der Waals surface area contributed by atoms with E-state index in [4.69, 9.17) is 4.74 Å². The van der Waals surface area contributed by atoms with Crippen molar-refractivity contribution in [3.8, 4) is 11.3 Å². The molecule has 0 N–H and O–H groups in total. The van der Waals surface area contributed by atoms with Gasteiger partial charge >= 0.3 is 5.97 Å². The topological polar surface area (TPSA) is 61.2 Å². The summed E-state index contributed by atoms with van der Waals surface area (Å²) in [6.45, 7) is 2.06. The molecule has 0 amide bonds. The molecule has 0 unspecified atom stereocenters. The van der Waals surface area contributed by atoms with Crippen LogP contribution in [0.3, 0.4) is 0 Å². The normalized spacial score (nSPS) is 10.2. The maximum absolute atomic E-state index is 11.5. The molecule has 5 heteroatoms. The van der Waals surface area contributed by atoms with Crippen molar-refractivity contribution in [2.24, 2.45) is 0 Å². The number of nitrogens with zero attached hydrogens (tertiary/aromatic N) is 2. The summed E-state index contributed by atoms with van der Waals surface area (Å²) in [4.78, 5) is 22.6. The minimum absolute atomic E-state index is 0.00803. The molecule has 1 aromatic heterocycles. The Labute approximate surface area is 110 Å². The Bertz CT molecular complexity index is 576. The fourth-order valence-electron chi connectivity index (χ4n) is 1.85. The molecule has 0 aliphatic rings. The summed E-state index contributed by atoms with van der Waals surface area (Å²) in [6.07, 6.45) is 2.19. The van der Waals surface area contributed by atoms with E-state index >= 15 is 0 Å². The first-order valence-electron chi connectivity index (χ1n) is 5.98. The summed E-state index contributed by atoms with van der Waals surface area (Å²) in [6, 6.07) is 9.35. The quantitative estimate of drug-likeness (QED) is 0.607.